The van der Waals surface area contributed by atoms with Gasteiger partial charge < -0.3 is 15.7 Å². The smallest absolute Gasteiger partial charge is 0.326 e. The Balaban J connectivity index is 1.32. The van der Waals surface area contributed by atoms with Crippen LogP contribution in [0.3, 0.4) is 0 Å². The fourth-order valence-corrected chi connectivity index (χ4v) is 7.39. The molecule has 1 heterocycles. The van der Waals surface area contributed by atoms with Crippen LogP contribution in [-0.2, 0) is 15.0 Å². The molecule has 1 aromatic carbocycles. The number of carbonyl (C=O) groups is 2. The number of phenols is 1. The van der Waals surface area contributed by atoms with Crippen LogP contribution in [-0.4, -0.2) is 37.5 Å². The van der Waals surface area contributed by atoms with E-state index in [4.69, 9.17) is 0 Å². The second-order valence-electron chi connectivity index (χ2n) is 9.14. The molecular weight excluding hydrogens is 415 g/mol. The van der Waals surface area contributed by atoms with Crippen molar-refractivity contribution < 1.29 is 27.5 Å². The van der Waals surface area contributed by atoms with E-state index < -0.39 is 45.9 Å². The van der Waals surface area contributed by atoms with E-state index in [0.717, 1.165) is 31.4 Å². The lowest BCUT2D eigenvalue weighted by molar-refractivity contribution is -0.117. The molecule has 30 heavy (non-hydrogen) atoms. The number of aromatic hydroxyl groups is 1. The highest BCUT2D eigenvalue weighted by Gasteiger charge is 2.51. The topological polar surface area (TPSA) is 128 Å². The molecule has 4 saturated carbocycles. The number of halogens is 1. The summed E-state index contributed by atoms with van der Waals surface area (Å²) in [7, 11) is -4.27. The van der Waals surface area contributed by atoms with E-state index in [1.165, 1.54) is 19.3 Å². The van der Waals surface area contributed by atoms with Gasteiger partial charge in [-0.25, -0.2) is 18.2 Å². The average Bonchev–Trinajstić information content (AvgIpc) is 2.84. The Labute approximate surface area is 173 Å². The number of nitrogens with zero attached hydrogens (tertiary/aromatic N) is 1. The molecule has 162 valence electrons. The first-order valence-electron chi connectivity index (χ1n) is 10.1. The molecule has 11 heteroatoms. The minimum Gasteiger partial charge on any atom is -0.506 e. The number of urea groups is 1. The molecule has 6 rings (SSSR count). The van der Waals surface area contributed by atoms with E-state index in [9.17, 15) is 27.5 Å². The van der Waals surface area contributed by atoms with Gasteiger partial charge in [-0.05, 0) is 62.3 Å². The molecule has 0 unspecified atom stereocenters. The molecule has 0 atom stereocenters. The van der Waals surface area contributed by atoms with Crippen LogP contribution < -0.4 is 19.7 Å². The summed E-state index contributed by atoms with van der Waals surface area (Å²) in [5.41, 5.74) is -0.873. The van der Waals surface area contributed by atoms with Crippen molar-refractivity contribution in [2.75, 3.05) is 16.2 Å². The average molecular weight is 438 g/mol. The zero-order valence-electron chi connectivity index (χ0n) is 16.2. The first-order chi connectivity index (χ1) is 14.1. The van der Waals surface area contributed by atoms with Gasteiger partial charge in [0.05, 0.1) is 0 Å². The number of hydrogen-bond acceptors (Lipinski definition) is 5. The van der Waals surface area contributed by atoms with Crippen LogP contribution >= 0.6 is 0 Å². The summed E-state index contributed by atoms with van der Waals surface area (Å²) in [4.78, 5) is 24.0. The molecular formula is C19H23FN4O5S. The third-order valence-electron chi connectivity index (χ3n) is 6.79. The SMILES string of the molecule is O=C1CN(c2c(O)cc(NC(=O)NC34CC5CC(CC(C5)C3)C4)cc2F)S(=O)(=O)N1. The molecule has 4 aliphatic carbocycles. The molecule has 9 nitrogen and oxygen atoms in total. The van der Waals surface area contributed by atoms with E-state index in [1.807, 2.05) is 0 Å². The number of benzene rings is 1. The molecule has 3 amide bonds. The quantitative estimate of drug-likeness (QED) is 0.572. The fourth-order valence-electron chi connectivity index (χ4n) is 6.22. The lowest BCUT2D eigenvalue weighted by Gasteiger charge is -2.56. The van der Waals surface area contributed by atoms with Gasteiger partial charge in [0.25, 0.3) is 5.91 Å². The van der Waals surface area contributed by atoms with Crippen LogP contribution in [0.4, 0.5) is 20.6 Å². The van der Waals surface area contributed by atoms with Crippen molar-refractivity contribution in [3.63, 3.8) is 0 Å². The van der Waals surface area contributed by atoms with E-state index in [0.29, 0.717) is 22.1 Å². The fraction of sp³-hybridized carbons (Fsp3) is 0.579. The number of carbonyl (C=O) groups excluding carboxylic acids is 2. The maximum absolute atomic E-state index is 14.6. The number of hydrogen-bond donors (Lipinski definition) is 4. The Morgan fingerprint density at radius 1 is 1.17 bits per heavy atom. The standard InChI is InChI=1S/C19H23FN4O5S/c20-14-4-13(5-15(25)17(14)24-9-16(26)23-30(24,28)29)21-18(27)22-19-6-10-1-11(7-19)3-12(2-10)8-19/h4-5,10-12,25H,1-3,6-9H2,(H,23,26)(H2,21,22,27). The minimum absolute atomic E-state index is 0.00754. The third-order valence-corrected chi connectivity index (χ3v) is 8.17. The van der Waals surface area contributed by atoms with E-state index in [-0.39, 0.29) is 11.2 Å². The van der Waals surface area contributed by atoms with Crippen molar-refractivity contribution in [3.8, 4) is 5.75 Å². The highest BCUT2D eigenvalue weighted by Crippen LogP contribution is 2.55. The van der Waals surface area contributed by atoms with Crippen LogP contribution in [0.1, 0.15) is 38.5 Å². The van der Waals surface area contributed by atoms with Crippen molar-refractivity contribution >= 4 is 33.5 Å². The number of nitrogens with one attached hydrogen (secondary N) is 3. The van der Waals surface area contributed by atoms with Crippen LogP contribution in [0.25, 0.3) is 0 Å². The van der Waals surface area contributed by atoms with Crippen LogP contribution in [0.5, 0.6) is 5.75 Å². The Hall–Kier alpha value is -2.56. The largest absolute Gasteiger partial charge is 0.506 e. The zero-order chi connectivity index (χ0) is 21.3. The summed E-state index contributed by atoms with van der Waals surface area (Å²) in [5, 5.41) is 15.8. The second kappa shape index (κ2) is 6.47. The Bertz CT molecular complexity index is 985. The van der Waals surface area contributed by atoms with Gasteiger partial charge in [0.1, 0.15) is 18.0 Å². The van der Waals surface area contributed by atoms with Gasteiger partial charge >= 0.3 is 16.2 Å². The van der Waals surface area contributed by atoms with Gasteiger partial charge in [0.15, 0.2) is 5.82 Å². The van der Waals surface area contributed by atoms with Gasteiger partial charge in [-0.1, -0.05) is 0 Å². The third kappa shape index (κ3) is 3.24. The van der Waals surface area contributed by atoms with Crippen molar-refractivity contribution in [3.05, 3.63) is 17.9 Å². The highest BCUT2D eigenvalue weighted by molar-refractivity contribution is 7.92. The summed E-state index contributed by atoms with van der Waals surface area (Å²) >= 11 is 0. The number of phenolic OH excluding ortho intramolecular Hbond substituents is 1. The first kappa shape index (κ1) is 19.4. The maximum atomic E-state index is 14.6. The van der Waals surface area contributed by atoms with Gasteiger partial charge in [-0.15, -0.1) is 0 Å². The van der Waals surface area contributed by atoms with Crippen LogP contribution in [0.15, 0.2) is 12.1 Å². The molecule has 5 aliphatic rings. The number of rotatable bonds is 3. The van der Waals surface area contributed by atoms with Crippen LogP contribution in [0.2, 0.25) is 0 Å². The highest BCUT2D eigenvalue weighted by atomic mass is 32.2. The molecule has 1 aliphatic heterocycles. The summed E-state index contributed by atoms with van der Waals surface area (Å²) < 4.78 is 40.7. The van der Waals surface area contributed by atoms with E-state index >= 15 is 0 Å². The maximum Gasteiger partial charge on any atom is 0.326 e. The molecule has 4 N–H and O–H groups in total. The number of anilines is 2. The molecule has 1 aromatic rings. The summed E-state index contributed by atoms with van der Waals surface area (Å²) in [5.74, 6) is -0.644. The monoisotopic (exact) mass is 438 g/mol. The Morgan fingerprint density at radius 3 is 2.27 bits per heavy atom. The molecule has 0 spiro atoms. The second-order valence-corrected chi connectivity index (χ2v) is 10.7. The predicted molar refractivity (Wildman–Crippen MR) is 106 cm³/mol. The number of amides is 3. The van der Waals surface area contributed by atoms with Crippen molar-refractivity contribution in [1.29, 1.82) is 0 Å². The molecule has 5 fully saturated rings. The molecule has 1 saturated heterocycles. The molecule has 0 aromatic heterocycles. The van der Waals surface area contributed by atoms with Gasteiger partial charge in [-0.3, -0.25) is 4.79 Å². The van der Waals surface area contributed by atoms with Crippen LogP contribution in [0, 0.1) is 23.6 Å². The van der Waals surface area contributed by atoms with Crippen molar-refractivity contribution in [1.82, 2.24) is 10.0 Å². The van der Waals surface area contributed by atoms with Gasteiger partial charge in [0, 0.05) is 17.3 Å². The van der Waals surface area contributed by atoms with Crippen molar-refractivity contribution in [2.24, 2.45) is 17.8 Å². The lowest BCUT2D eigenvalue weighted by Crippen LogP contribution is -2.60. The predicted octanol–water partition coefficient (Wildman–Crippen LogP) is 1.80. The van der Waals surface area contributed by atoms with E-state index in [1.54, 1.807) is 4.72 Å². The van der Waals surface area contributed by atoms with Crippen molar-refractivity contribution in [2.45, 2.75) is 44.1 Å². The summed E-state index contributed by atoms with van der Waals surface area (Å²) in [6.45, 7) is -0.633. The molecule has 4 bridgehead atoms. The lowest BCUT2D eigenvalue weighted by atomic mass is 9.53. The zero-order valence-corrected chi connectivity index (χ0v) is 17.0. The van der Waals surface area contributed by atoms with E-state index in [2.05, 4.69) is 10.6 Å². The normalized spacial score (nSPS) is 33.4. The van der Waals surface area contributed by atoms with Gasteiger partial charge in [-0.2, -0.15) is 8.42 Å². The summed E-state index contributed by atoms with van der Waals surface area (Å²) in [6.07, 6.45) is 6.58. The first-order valence-corrected chi connectivity index (χ1v) is 11.5. The Morgan fingerprint density at radius 2 is 1.77 bits per heavy atom. The van der Waals surface area contributed by atoms with Gasteiger partial charge in [0.2, 0.25) is 0 Å². The molecule has 0 radical (unpaired) electrons. The minimum atomic E-state index is -4.27. The summed E-state index contributed by atoms with van der Waals surface area (Å²) in [6, 6.07) is 1.51. The Kier molecular flexibility index (Phi) is 4.18.